The highest BCUT2D eigenvalue weighted by Crippen LogP contribution is 2.55. The average Bonchev–Trinajstić information content (AvgIpc) is 3.64. The van der Waals surface area contributed by atoms with Crippen molar-refractivity contribution >= 4 is 23.7 Å². The van der Waals surface area contributed by atoms with Crippen LogP contribution in [0.25, 0.3) is 5.69 Å². The van der Waals surface area contributed by atoms with Gasteiger partial charge in [-0.05, 0) is 63.1 Å². The quantitative estimate of drug-likeness (QED) is 0.482. The van der Waals surface area contributed by atoms with Gasteiger partial charge in [0, 0.05) is 18.7 Å². The van der Waals surface area contributed by atoms with E-state index < -0.39 is 23.6 Å². The lowest BCUT2D eigenvalue weighted by atomic mass is 9.81. The number of nitrogens with zero attached hydrogens (tertiary/aromatic N) is 4. The van der Waals surface area contributed by atoms with Gasteiger partial charge in [0.25, 0.3) is 0 Å². The van der Waals surface area contributed by atoms with Crippen LogP contribution in [0.1, 0.15) is 49.8 Å². The highest BCUT2D eigenvalue weighted by molar-refractivity contribution is 5.85. The van der Waals surface area contributed by atoms with Gasteiger partial charge in [0.1, 0.15) is 17.7 Å². The number of amides is 1. The van der Waals surface area contributed by atoms with Crippen molar-refractivity contribution in [3.63, 3.8) is 0 Å². The van der Waals surface area contributed by atoms with Crippen LogP contribution < -0.4 is 10.2 Å². The van der Waals surface area contributed by atoms with Crippen LogP contribution in [0.2, 0.25) is 0 Å². The van der Waals surface area contributed by atoms with E-state index in [4.69, 9.17) is 4.74 Å². The molecule has 0 spiro atoms. The molecule has 1 aromatic carbocycles. The van der Waals surface area contributed by atoms with Gasteiger partial charge >= 0.3 is 12.1 Å². The third-order valence-corrected chi connectivity index (χ3v) is 7.52. The zero-order valence-electron chi connectivity index (χ0n) is 20.6. The number of ether oxygens (including phenoxy) is 1. The van der Waals surface area contributed by atoms with Crippen molar-refractivity contribution in [2.45, 2.75) is 45.6 Å². The number of carboxylic acids is 1. The largest absolute Gasteiger partial charge is 0.481 e. The maximum atomic E-state index is 12.6. The maximum Gasteiger partial charge on any atom is 0.413 e. The molecule has 0 bridgehead atoms. The normalized spacial score (nSPS) is 17.9. The minimum atomic E-state index is -0.638. The van der Waals surface area contributed by atoms with Crippen molar-refractivity contribution in [1.82, 2.24) is 14.8 Å². The van der Waals surface area contributed by atoms with E-state index in [1.807, 2.05) is 56.3 Å². The van der Waals surface area contributed by atoms with E-state index >= 15 is 0 Å². The van der Waals surface area contributed by atoms with Gasteiger partial charge in [-0.15, -0.1) is 0 Å². The molecule has 2 aromatic heterocycles. The summed E-state index contributed by atoms with van der Waals surface area (Å²) < 4.78 is 7.19. The number of hydrogen-bond acceptors (Lipinski definition) is 6. The van der Waals surface area contributed by atoms with E-state index in [0.717, 1.165) is 61.4 Å². The Bertz CT molecular complexity index is 1230. The molecule has 1 atom stereocenters. The van der Waals surface area contributed by atoms with Crippen molar-refractivity contribution in [3.05, 3.63) is 66.0 Å². The molecule has 9 heteroatoms. The number of piperidine rings is 1. The number of aryl methyl sites for hydroxylation is 1. The lowest BCUT2D eigenvalue weighted by Gasteiger charge is -2.35. The Kier molecular flexibility index (Phi) is 6.38. The second kappa shape index (κ2) is 9.64. The van der Waals surface area contributed by atoms with Gasteiger partial charge < -0.3 is 14.7 Å². The van der Waals surface area contributed by atoms with Crippen LogP contribution >= 0.6 is 0 Å². The molecule has 1 aliphatic heterocycles. The van der Waals surface area contributed by atoms with Crippen molar-refractivity contribution in [3.8, 4) is 5.69 Å². The first kappa shape index (κ1) is 23.8. The molecule has 2 fully saturated rings. The number of pyridine rings is 1. The van der Waals surface area contributed by atoms with Gasteiger partial charge in [-0.1, -0.05) is 30.3 Å². The average molecular weight is 490 g/mol. The number of rotatable bonds is 7. The van der Waals surface area contributed by atoms with Gasteiger partial charge in [-0.25, -0.2) is 14.5 Å². The van der Waals surface area contributed by atoms with Crippen LogP contribution in [0.15, 0.2) is 54.9 Å². The first-order chi connectivity index (χ1) is 17.4. The fourth-order valence-electron chi connectivity index (χ4n) is 5.14. The lowest BCUT2D eigenvalue weighted by Crippen LogP contribution is -2.39. The van der Waals surface area contributed by atoms with Gasteiger partial charge in [-0.3, -0.25) is 10.1 Å². The number of hydrogen-bond donors (Lipinski definition) is 2. The molecule has 1 amide bonds. The van der Waals surface area contributed by atoms with Gasteiger partial charge in [0.05, 0.1) is 23.5 Å². The topological polar surface area (TPSA) is 110 Å². The second-order valence-corrected chi connectivity index (χ2v) is 9.77. The van der Waals surface area contributed by atoms with Gasteiger partial charge in [-0.2, -0.15) is 5.10 Å². The molecular formula is C27H31N5O4. The van der Waals surface area contributed by atoms with Crippen LogP contribution in [-0.2, 0) is 9.53 Å². The molecule has 2 aliphatic rings. The molecule has 3 aromatic rings. The van der Waals surface area contributed by atoms with Gasteiger partial charge in [0.15, 0.2) is 0 Å². The van der Waals surface area contributed by atoms with E-state index in [-0.39, 0.29) is 5.92 Å². The van der Waals surface area contributed by atoms with Crippen LogP contribution in [0.4, 0.5) is 16.4 Å². The Morgan fingerprint density at radius 1 is 1.11 bits per heavy atom. The summed E-state index contributed by atoms with van der Waals surface area (Å²) in [4.78, 5) is 31.1. The molecule has 2 N–H and O–H groups in total. The molecule has 1 unspecified atom stereocenters. The summed E-state index contributed by atoms with van der Waals surface area (Å²) in [6.45, 7) is 5.29. The fourth-order valence-corrected chi connectivity index (χ4v) is 5.14. The first-order valence-corrected chi connectivity index (χ1v) is 12.4. The summed E-state index contributed by atoms with van der Waals surface area (Å²) in [7, 11) is 0. The minimum Gasteiger partial charge on any atom is -0.481 e. The molecule has 0 radical (unpaired) electrons. The van der Waals surface area contributed by atoms with Crippen molar-refractivity contribution < 1.29 is 19.4 Å². The molecule has 188 valence electrons. The summed E-state index contributed by atoms with van der Waals surface area (Å²) in [5.41, 5.74) is 1.95. The Morgan fingerprint density at radius 3 is 2.44 bits per heavy atom. The van der Waals surface area contributed by atoms with Crippen LogP contribution in [0.3, 0.4) is 0 Å². The van der Waals surface area contributed by atoms with Crippen LogP contribution in [-0.4, -0.2) is 45.0 Å². The monoisotopic (exact) mass is 489 g/mol. The predicted octanol–water partition coefficient (Wildman–Crippen LogP) is 4.97. The molecular weight excluding hydrogens is 458 g/mol. The van der Waals surface area contributed by atoms with Gasteiger partial charge in [0.2, 0.25) is 0 Å². The van der Waals surface area contributed by atoms with E-state index in [0.29, 0.717) is 5.82 Å². The number of benzene rings is 1. The number of carbonyl (C=O) groups excluding carboxylic acids is 1. The second-order valence-electron chi connectivity index (χ2n) is 9.77. The number of nitrogens with one attached hydrogen (secondary N) is 1. The molecule has 1 saturated heterocycles. The number of aromatic nitrogens is 3. The van der Waals surface area contributed by atoms with E-state index in [9.17, 15) is 14.7 Å². The SMILES string of the molecule is Cc1cnn(-c2ccc(N3CCC(C4(C(=O)O)CC4)CC3)nc2)c1NC(=O)OC(C)c1ccccc1. The minimum absolute atomic E-state index is 0.246. The summed E-state index contributed by atoms with van der Waals surface area (Å²) >= 11 is 0. The third-order valence-electron chi connectivity index (χ3n) is 7.52. The lowest BCUT2D eigenvalue weighted by molar-refractivity contribution is -0.146. The van der Waals surface area contributed by atoms with Crippen molar-refractivity contribution in [2.75, 3.05) is 23.3 Å². The molecule has 36 heavy (non-hydrogen) atoms. The zero-order valence-corrected chi connectivity index (χ0v) is 20.6. The summed E-state index contributed by atoms with van der Waals surface area (Å²) in [6.07, 6.45) is 5.81. The standard InChI is InChI=1S/C27H31N5O4/c1-18-16-29-32(24(18)30-26(35)36-19(2)20-6-4-3-5-7-20)22-8-9-23(28-17-22)31-14-10-21(11-15-31)27(12-13-27)25(33)34/h3-9,16-17,19,21H,10-15H2,1-2H3,(H,30,35)(H,33,34). The predicted molar refractivity (Wildman–Crippen MR) is 135 cm³/mol. The molecule has 3 heterocycles. The third kappa shape index (κ3) is 4.65. The molecule has 5 rings (SSSR count). The smallest absolute Gasteiger partial charge is 0.413 e. The van der Waals surface area contributed by atoms with Crippen molar-refractivity contribution in [1.29, 1.82) is 0 Å². The summed E-state index contributed by atoms with van der Waals surface area (Å²) in [5, 5.41) is 16.8. The van der Waals surface area contributed by atoms with E-state index in [1.165, 1.54) is 0 Å². The number of carboxylic acid groups (broad SMARTS) is 1. The number of aliphatic carboxylic acids is 1. The van der Waals surface area contributed by atoms with E-state index in [2.05, 4.69) is 20.3 Å². The zero-order chi connectivity index (χ0) is 25.3. The summed E-state index contributed by atoms with van der Waals surface area (Å²) in [5.74, 6) is 0.988. The van der Waals surface area contributed by atoms with Crippen molar-refractivity contribution in [2.24, 2.45) is 11.3 Å². The maximum absolute atomic E-state index is 12.6. The van der Waals surface area contributed by atoms with E-state index in [1.54, 1.807) is 17.1 Å². The Morgan fingerprint density at radius 2 is 1.83 bits per heavy atom. The van der Waals surface area contributed by atoms with Crippen LogP contribution in [0, 0.1) is 18.3 Å². The first-order valence-electron chi connectivity index (χ1n) is 12.4. The molecule has 1 saturated carbocycles. The Hall–Kier alpha value is -3.88. The molecule has 9 nitrogen and oxygen atoms in total. The Balaban J connectivity index is 1.23. The number of anilines is 2. The fraction of sp³-hybridized carbons (Fsp3) is 0.407. The Labute approximate surface area is 210 Å². The highest BCUT2D eigenvalue weighted by atomic mass is 16.6. The molecule has 1 aliphatic carbocycles. The highest BCUT2D eigenvalue weighted by Gasteiger charge is 2.56. The van der Waals surface area contributed by atoms with Crippen LogP contribution in [0.5, 0.6) is 0 Å². The summed E-state index contributed by atoms with van der Waals surface area (Å²) in [6, 6.07) is 13.4. The number of carbonyl (C=O) groups is 2.